The Balaban J connectivity index is 1.69. The number of likely N-dealkylation sites (tertiary alicyclic amines) is 2. The van der Waals surface area contributed by atoms with Gasteiger partial charge in [-0.3, -0.25) is 0 Å². The third-order valence-electron chi connectivity index (χ3n) is 4.91. The van der Waals surface area contributed by atoms with Crippen molar-refractivity contribution in [3.8, 4) is 0 Å². The van der Waals surface area contributed by atoms with E-state index in [9.17, 15) is 18.8 Å². The quantitative estimate of drug-likeness (QED) is 0.798. The monoisotopic (exact) mass is 388 g/mol. The van der Waals surface area contributed by atoms with Crippen molar-refractivity contribution in [3.05, 3.63) is 0 Å². The van der Waals surface area contributed by atoms with E-state index in [0.717, 1.165) is 0 Å². The van der Waals surface area contributed by atoms with E-state index in [1.54, 1.807) is 4.90 Å². The molecule has 0 unspecified atom stereocenters. The van der Waals surface area contributed by atoms with Gasteiger partial charge in [-0.15, -0.1) is 0 Å². The molecule has 0 spiro atoms. The molecule has 154 valence electrons. The van der Waals surface area contributed by atoms with Crippen molar-refractivity contribution in [1.82, 2.24) is 9.80 Å². The number of carboxylic acids is 1. The lowest BCUT2D eigenvalue weighted by molar-refractivity contribution is -0.154. The third-order valence-corrected chi connectivity index (χ3v) is 4.91. The zero-order chi connectivity index (χ0) is 20.2. The molecule has 2 rings (SSSR count). The maximum absolute atomic E-state index is 14.0. The molecule has 0 saturated carbocycles. The van der Waals surface area contributed by atoms with E-state index in [-0.39, 0.29) is 44.5 Å². The summed E-state index contributed by atoms with van der Waals surface area (Å²) in [6.45, 7) is 6.84. The summed E-state index contributed by atoms with van der Waals surface area (Å²) in [5.74, 6) is -1.33. The first-order valence-electron chi connectivity index (χ1n) is 9.32. The third kappa shape index (κ3) is 5.97. The van der Waals surface area contributed by atoms with Crippen LogP contribution in [0.3, 0.4) is 0 Å². The predicted molar refractivity (Wildman–Crippen MR) is 94.2 cm³/mol. The molecule has 2 heterocycles. The van der Waals surface area contributed by atoms with Crippen molar-refractivity contribution in [1.29, 1.82) is 0 Å². The van der Waals surface area contributed by atoms with Crippen molar-refractivity contribution < 1.29 is 33.4 Å². The van der Waals surface area contributed by atoms with E-state index in [1.807, 2.05) is 20.8 Å². The van der Waals surface area contributed by atoms with Crippen LogP contribution in [-0.2, 0) is 14.3 Å². The molecule has 0 aromatic carbocycles. The standard InChI is InChI=1S/C18H29FN2O6/c1-17(2,3)27-16(25)20-8-4-13(5-9-20)12-26-15(24)21-10-6-18(19,7-11-21)14(22)23/h13H,4-12H2,1-3H3,(H,22,23). The van der Waals surface area contributed by atoms with Crippen LogP contribution in [0.4, 0.5) is 14.0 Å². The second-order valence-corrected chi connectivity index (χ2v) is 8.25. The molecule has 9 heteroatoms. The van der Waals surface area contributed by atoms with Crippen molar-refractivity contribution in [2.24, 2.45) is 5.92 Å². The van der Waals surface area contributed by atoms with E-state index in [4.69, 9.17) is 14.6 Å². The highest BCUT2D eigenvalue weighted by Crippen LogP contribution is 2.27. The number of piperidine rings is 2. The highest BCUT2D eigenvalue weighted by atomic mass is 19.1. The molecule has 1 N–H and O–H groups in total. The number of amides is 2. The summed E-state index contributed by atoms with van der Waals surface area (Å²) in [4.78, 5) is 38.0. The van der Waals surface area contributed by atoms with Gasteiger partial charge in [0.25, 0.3) is 0 Å². The molecule has 2 fully saturated rings. The molecule has 2 aliphatic rings. The van der Waals surface area contributed by atoms with Gasteiger partial charge in [-0.1, -0.05) is 0 Å². The van der Waals surface area contributed by atoms with Crippen LogP contribution in [0.25, 0.3) is 0 Å². The zero-order valence-corrected chi connectivity index (χ0v) is 16.2. The first-order valence-corrected chi connectivity index (χ1v) is 9.32. The fourth-order valence-electron chi connectivity index (χ4n) is 3.15. The highest BCUT2D eigenvalue weighted by Gasteiger charge is 2.43. The Morgan fingerprint density at radius 3 is 2.04 bits per heavy atom. The fourth-order valence-corrected chi connectivity index (χ4v) is 3.15. The molecular formula is C18H29FN2O6. The van der Waals surface area contributed by atoms with Crippen LogP contribution in [0.15, 0.2) is 0 Å². The lowest BCUT2D eigenvalue weighted by atomic mass is 9.94. The first-order chi connectivity index (χ1) is 12.5. The summed E-state index contributed by atoms with van der Waals surface area (Å²) in [6, 6.07) is 0. The Morgan fingerprint density at radius 2 is 1.56 bits per heavy atom. The summed E-state index contributed by atoms with van der Waals surface area (Å²) >= 11 is 0. The molecule has 27 heavy (non-hydrogen) atoms. The maximum Gasteiger partial charge on any atom is 0.410 e. The number of alkyl halides is 1. The molecule has 0 atom stereocenters. The SMILES string of the molecule is CC(C)(C)OC(=O)N1CCC(COC(=O)N2CCC(F)(C(=O)O)CC2)CC1. The van der Waals surface area contributed by atoms with E-state index < -0.39 is 23.3 Å². The number of nitrogens with zero attached hydrogens (tertiary/aromatic N) is 2. The molecule has 0 aromatic heterocycles. The van der Waals surface area contributed by atoms with Gasteiger partial charge in [-0.05, 0) is 39.5 Å². The molecule has 8 nitrogen and oxygen atoms in total. The second kappa shape index (κ2) is 8.31. The number of rotatable bonds is 3. The van der Waals surface area contributed by atoms with Gasteiger partial charge in [0.05, 0.1) is 6.61 Å². The van der Waals surface area contributed by atoms with E-state index >= 15 is 0 Å². The predicted octanol–water partition coefficient (Wildman–Crippen LogP) is 2.66. The first kappa shape index (κ1) is 21.2. The van der Waals surface area contributed by atoms with Crippen molar-refractivity contribution in [2.75, 3.05) is 32.8 Å². The smallest absolute Gasteiger partial charge is 0.410 e. The summed E-state index contributed by atoms with van der Waals surface area (Å²) in [6.07, 6.45) is 0.0757. The van der Waals surface area contributed by atoms with Gasteiger partial charge in [0, 0.05) is 39.0 Å². The molecule has 2 amide bonds. The Hall–Kier alpha value is -2.06. The minimum absolute atomic E-state index is 0.0265. The summed E-state index contributed by atoms with van der Waals surface area (Å²) < 4.78 is 24.6. The van der Waals surface area contributed by atoms with Crippen LogP contribution >= 0.6 is 0 Å². The minimum Gasteiger partial charge on any atom is -0.479 e. The lowest BCUT2D eigenvalue weighted by Crippen LogP contribution is -2.48. The van der Waals surface area contributed by atoms with Crippen LogP contribution in [-0.4, -0.2) is 77.1 Å². The van der Waals surface area contributed by atoms with Gasteiger partial charge in [-0.2, -0.15) is 0 Å². The average molecular weight is 388 g/mol. The Kier molecular flexibility index (Phi) is 6.54. The number of carbonyl (C=O) groups is 3. The lowest BCUT2D eigenvalue weighted by Gasteiger charge is -2.35. The Bertz CT molecular complexity index is 561. The van der Waals surface area contributed by atoms with E-state index in [2.05, 4.69) is 0 Å². The number of ether oxygens (including phenoxy) is 2. The Morgan fingerprint density at radius 1 is 1.04 bits per heavy atom. The van der Waals surface area contributed by atoms with Crippen molar-refractivity contribution >= 4 is 18.2 Å². The maximum atomic E-state index is 14.0. The second-order valence-electron chi connectivity index (χ2n) is 8.25. The summed E-state index contributed by atoms with van der Waals surface area (Å²) in [5.41, 5.74) is -2.79. The highest BCUT2D eigenvalue weighted by molar-refractivity contribution is 5.78. The van der Waals surface area contributed by atoms with Gasteiger partial charge < -0.3 is 24.4 Å². The number of carboxylic acid groups (broad SMARTS) is 1. The molecule has 0 aliphatic carbocycles. The van der Waals surface area contributed by atoms with Crippen LogP contribution in [0, 0.1) is 5.92 Å². The number of hydrogen-bond donors (Lipinski definition) is 1. The number of halogens is 1. The minimum atomic E-state index is -2.26. The van der Waals surface area contributed by atoms with Gasteiger partial charge in [0.15, 0.2) is 0 Å². The number of aliphatic carboxylic acids is 1. The molecule has 0 bridgehead atoms. The topological polar surface area (TPSA) is 96.4 Å². The zero-order valence-electron chi connectivity index (χ0n) is 16.2. The van der Waals surface area contributed by atoms with Crippen molar-refractivity contribution in [2.45, 2.75) is 57.7 Å². The largest absolute Gasteiger partial charge is 0.479 e. The van der Waals surface area contributed by atoms with Crippen LogP contribution < -0.4 is 0 Å². The average Bonchev–Trinajstić information content (AvgIpc) is 2.59. The molecule has 2 aliphatic heterocycles. The van der Waals surface area contributed by atoms with Crippen LogP contribution in [0.5, 0.6) is 0 Å². The van der Waals surface area contributed by atoms with Gasteiger partial charge in [0.1, 0.15) is 5.60 Å². The van der Waals surface area contributed by atoms with Gasteiger partial charge in [0.2, 0.25) is 5.67 Å². The van der Waals surface area contributed by atoms with Gasteiger partial charge in [-0.25, -0.2) is 18.8 Å². The molecule has 0 aromatic rings. The summed E-state index contributed by atoms with van der Waals surface area (Å²) in [7, 11) is 0. The normalized spacial score (nSPS) is 20.9. The number of carbonyl (C=O) groups excluding carboxylic acids is 2. The van der Waals surface area contributed by atoms with E-state index in [1.165, 1.54) is 4.90 Å². The molecule has 0 radical (unpaired) electrons. The van der Waals surface area contributed by atoms with E-state index in [0.29, 0.717) is 25.9 Å². The van der Waals surface area contributed by atoms with Gasteiger partial charge >= 0.3 is 18.2 Å². The van der Waals surface area contributed by atoms with Crippen LogP contribution in [0.1, 0.15) is 46.5 Å². The summed E-state index contributed by atoms with van der Waals surface area (Å²) in [5, 5.41) is 8.87. The van der Waals surface area contributed by atoms with Crippen molar-refractivity contribution in [3.63, 3.8) is 0 Å². The number of hydrogen-bond acceptors (Lipinski definition) is 5. The fraction of sp³-hybridized carbons (Fsp3) is 0.833. The Labute approximate surface area is 158 Å². The molecular weight excluding hydrogens is 359 g/mol. The molecule has 2 saturated heterocycles. The van der Waals surface area contributed by atoms with Crippen LogP contribution in [0.2, 0.25) is 0 Å².